The van der Waals surface area contributed by atoms with Gasteiger partial charge in [-0.15, -0.1) is 0 Å². The molecular formula is C9H7NO2. The second kappa shape index (κ2) is 1.87. The quantitative estimate of drug-likeness (QED) is 0.320. The van der Waals surface area contributed by atoms with E-state index >= 15 is 0 Å². The predicted molar refractivity (Wildman–Crippen MR) is 42.1 cm³/mol. The van der Waals surface area contributed by atoms with Crippen molar-refractivity contribution in [2.45, 2.75) is 12.2 Å². The number of nitrogens with zero attached hydrogens (tertiary/aromatic N) is 1. The van der Waals surface area contributed by atoms with E-state index in [0.717, 1.165) is 16.0 Å². The van der Waals surface area contributed by atoms with E-state index in [1.807, 2.05) is 18.2 Å². The molecule has 2 heterocycles. The van der Waals surface area contributed by atoms with Crippen LogP contribution in [-0.4, -0.2) is 6.10 Å². The van der Waals surface area contributed by atoms with Crippen molar-refractivity contribution in [2.24, 2.45) is 0 Å². The molecule has 2 atom stereocenters. The Morgan fingerprint density at radius 2 is 2.42 bits per heavy atom. The van der Waals surface area contributed by atoms with Gasteiger partial charge in [0.1, 0.15) is 12.2 Å². The first-order chi connectivity index (χ1) is 5.86. The fourth-order valence-corrected chi connectivity index (χ4v) is 1.63. The maximum atomic E-state index is 11.2. The summed E-state index contributed by atoms with van der Waals surface area (Å²) in [6.07, 6.45) is 5.63. The Bertz CT molecular complexity index is 373. The summed E-state index contributed by atoms with van der Waals surface area (Å²) in [5, 5.41) is 11.2. The normalized spacial score (nSPS) is 29.3. The molecule has 0 N–H and O–H groups in total. The maximum Gasteiger partial charge on any atom is 0.222 e. The summed E-state index contributed by atoms with van der Waals surface area (Å²) in [7, 11) is 0. The maximum absolute atomic E-state index is 11.2. The van der Waals surface area contributed by atoms with Crippen molar-refractivity contribution < 1.29 is 9.47 Å². The highest BCUT2D eigenvalue weighted by Crippen LogP contribution is 2.43. The van der Waals surface area contributed by atoms with Crippen LogP contribution >= 0.6 is 0 Å². The van der Waals surface area contributed by atoms with Gasteiger partial charge in [-0.05, 0) is 12.1 Å². The highest BCUT2D eigenvalue weighted by Gasteiger charge is 2.43. The summed E-state index contributed by atoms with van der Waals surface area (Å²) in [6.45, 7) is 0. The third-order valence-electron chi connectivity index (χ3n) is 2.31. The van der Waals surface area contributed by atoms with Crippen molar-refractivity contribution in [1.82, 2.24) is 0 Å². The minimum absolute atomic E-state index is 0.145. The van der Waals surface area contributed by atoms with Crippen LogP contribution in [0.3, 0.4) is 0 Å². The van der Waals surface area contributed by atoms with Crippen LogP contribution in [0.15, 0.2) is 24.4 Å². The average molecular weight is 161 g/mol. The zero-order valence-electron chi connectivity index (χ0n) is 6.31. The smallest absolute Gasteiger partial charge is 0.222 e. The van der Waals surface area contributed by atoms with Crippen molar-refractivity contribution in [2.75, 3.05) is 0 Å². The van der Waals surface area contributed by atoms with Crippen molar-refractivity contribution in [1.29, 1.82) is 0 Å². The number of ether oxygens (including phenoxy) is 1. The topological polar surface area (TPSA) is 39.5 Å². The van der Waals surface area contributed by atoms with Crippen LogP contribution in [0.4, 0.5) is 0 Å². The molecule has 1 aromatic heterocycles. The lowest BCUT2D eigenvalue weighted by atomic mass is 10.0. The standard InChI is InChI=1S/C9H7NO2/c11-10-5-1-2-6-7(10)3-4-8-9(6)12-8/h1-5,8-9H/t8-,9+/m0/s1. The molecule has 1 aliphatic heterocycles. The molecule has 1 fully saturated rings. The molecule has 0 spiro atoms. The number of rotatable bonds is 0. The fraction of sp³-hybridized carbons (Fsp3) is 0.222. The van der Waals surface area contributed by atoms with Crippen LogP contribution < -0.4 is 4.73 Å². The van der Waals surface area contributed by atoms with E-state index in [9.17, 15) is 5.21 Å². The zero-order valence-corrected chi connectivity index (χ0v) is 6.31. The lowest BCUT2D eigenvalue weighted by Crippen LogP contribution is -2.31. The average Bonchev–Trinajstić information content (AvgIpc) is 2.83. The zero-order chi connectivity index (χ0) is 8.13. The third kappa shape index (κ3) is 0.662. The SMILES string of the molecule is [O-][n+]1cccc2c1C=C[C@@H]1O[C@H]21. The highest BCUT2D eigenvalue weighted by molar-refractivity contribution is 5.54. The number of hydrogen-bond acceptors (Lipinski definition) is 2. The van der Waals surface area contributed by atoms with E-state index in [1.54, 1.807) is 6.07 Å². The summed E-state index contributed by atoms with van der Waals surface area (Å²) in [4.78, 5) is 0. The van der Waals surface area contributed by atoms with Gasteiger partial charge < -0.3 is 9.94 Å². The number of fused-ring (bicyclic) bond motifs is 3. The van der Waals surface area contributed by atoms with E-state index in [-0.39, 0.29) is 12.2 Å². The lowest BCUT2D eigenvalue weighted by Gasteiger charge is -2.06. The molecule has 3 nitrogen and oxygen atoms in total. The molecule has 1 aromatic rings. The Hall–Kier alpha value is -1.35. The Morgan fingerprint density at radius 1 is 1.50 bits per heavy atom. The molecule has 1 aliphatic carbocycles. The van der Waals surface area contributed by atoms with Gasteiger partial charge >= 0.3 is 0 Å². The summed E-state index contributed by atoms with van der Waals surface area (Å²) in [5.41, 5.74) is 1.73. The summed E-state index contributed by atoms with van der Waals surface area (Å²) in [6, 6.07) is 3.70. The minimum atomic E-state index is 0.145. The van der Waals surface area contributed by atoms with E-state index in [1.165, 1.54) is 6.20 Å². The molecule has 60 valence electrons. The van der Waals surface area contributed by atoms with Crippen LogP contribution in [0.25, 0.3) is 6.08 Å². The first-order valence-corrected chi connectivity index (χ1v) is 3.92. The number of aromatic nitrogens is 1. The first-order valence-electron chi connectivity index (χ1n) is 3.92. The van der Waals surface area contributed by atoms with Crippen molar-refractivity contribution in [3.63, 3.8) is 0 Å². The first kappa shape index (κ1) is 6.20. The Balaban J connectivity index is 2.26. The van der Waals surface area contributed by atoms with Crippen molar-refractivity contribution in [3.8, 4) is 0 Å². The van der Waals surface area contributed by atoms with Gasteiger partial charge in [0.2, 0.25) is 5.69 Å². The molecule has 1 saturated heterocycles. The van der Waals surface area contributed by atoms with Gasteiger partial charge in [-0.25, -0.2) is 0 Å². The number of epoxide rings is 1. The molecule has 3 rings (SSSR count). The highest BCUT2D eigenvalue weighted by atomic mass is 16.6. The Kier molecular flexibility index (Phi) is 0.966. The van der Waals surface area contributed by atoms with E-state index in [2.05, 4.69) is 0 Å². The van der Waals surface area contributed by atoms with Crippen LogP contribution in [-0.2, 0) is 4.74 Å². The molecule has 0 unspecified atom stereocenters. The minimum Gasteiger partial charge on any atom is -0.618 e. The fourth-order valence-electron chi connectivity index (χ4n) is 1.63. The van der Waals surface area contributed by atoms with E-state index < -0.39 is 0 Å². The van der Waals surface area contributed by atoms with Crippen LogP contribution in [0.5, 0.6) is 0 Å². The van der Waals surface area contributed by atoms with Gasteiger partial charge in [0.15, 0.2) is 6.20 Å². The number of hydrogen-bond donors (Lipinski definition) is 0. The molecule has 0 amide bonds. The molecule has 0 aromatic carbocycles. The largest absolute Gasteiger partial charge is 0.618 e. The van der Waals surface area contributed by atoms with E-state index in [0.29, 0.717) is 0 Å². The molecule has 0 radical (unpaired) electrons. The molecular weight excluding hydrogens is 154 g/mol. The van der Waals surface area contributed by atoms with Gasteiger partial charge in [-0.2, -0.15) is 4.73 Å². The van der Waals surface area contributed by atoms with Gasteiger partial charge in [0.25, 0.3) is 0 Å². The van der Waals surface area contributed by atoms with Gasteiger partial charge in [-0.1, -0.05) is 0 Å². The van der Waals surface area contributed by atoms with Crippen LogP contribution in [0, 0.1) is 5.21 Å². The molecule has 12 heavy (non-hydrogen) atoms. The molecule has 0 bridgehead atoms. The van der Waals surface area contributed by atoms with E-state index in [4.69, 9.17) is 4.74 Å². The van der Waals surface area contributed by atoms with Crippen LogP contribution in [0.2, 0.25) is 0 Å². The predicted octanol–water partition coefficient (Wildman–Crippen LogP) is 0.787. The number of pyridine rings is 1. The summed E-state index contributed by atoms with van der Waals surface area (Å²) < 4.78 is 6.20. The monoisotopic (exact) mass is 161 g/mol. The summed E-state index contributed by atoms with van der Waals surface area (Å²) >= 11 is 0. The van der Waals surface area contributed by atoms with Gasteiger partial charge in [-0.3, -0.25) is 0 Å². The third-order valence-corrected chi connectivity index (χ3v) is 2.31. The second-order valence-corrected chi connectivity index (χ2v) is 3.05. The Morgan fingerprint density at radius 3 is 3.33 bits per heavy atom. The van der Waals surface area contributed by atoms with Crippen molar-refractivity contribution >= 4 is 6.08 Å². The molecule has 2 aliphatic rings. The van der Waals surface area contributed by atoms with Crippen molar-refractivity contribution in [3.05, 3.63) is 40.9 Å². The van der Waals surface area contributed by atoms with Crippen LogP contribution in [0.1, 0.15) is 17.4 Å². The lowest BCUT2D eigenvalue weighted by molar-refractivity contribution is -0.608. The molecule has 0 saturated carbocycles. The Labute approximate surface area is 69.5 Å². The van der Waals surface area contributed by atoms with Gasteiger partial charge in [0, 0.05) is 12.1 Å². The second-order valence-electron chi connectivity index (χ2n) is 3.05. The summed E-state index contributed by atoms with van der Waals surface area (Å²) in [5.74, 6) is 0. The molecule has 3 heteroatoms. The van der Waals surface area contributed by atoms with Gasteiger partial charge in [0.05, 0.1) is 5.56 Å².